The smallest absolute Gasteiger partial charge is 0.247 e. The minimum Gasteiger partial charge on any atom is -0.341 e. The lowest BCUT2D eigenvalue weighted by atomic mass is 9.85. The molecule has 1 aromatic heterocycles. The molecular formula is C26H37N9O. The lowest BCUT2D eigenvalue weighted by Crippen LogP contribution is -2.56. The molecule has 1 amide bonds. The van der Waals surface area contributed by atoms with E-state index in [1.165, 1.54) is 19.3 Å². The van der Waals surface area contributed by atoms with Crippen LogP contribution < -0.4 is 30.7 Å². The van der Waals surface area contributed by atoms with Crippen LogP contribution in [0.3, 0.4) is 0 Å². The van der Waals surface area contributed by atoms with Crippen LogP contribution in [0.25, 0.3) is 0 Å². The van der Waals surface area contributed by atoms with E-state index in [4.69, 9.17) is 20.7 Å². The molecular weight excluding hydrogens is 454 g/mol. The van der Waals surface area contributed by atoms with Crippen molar-refractivity contribution >= 4 is 29.4 Å². The zero-order valence-electron chi connectivity index (χ0n) is 21.0. The minimum atomic E-state index is -0.525. The van der Waals surface area contributed by atoms with Crippen molar-refractivity contribution in [3.63, 3.8) is 0 Å². The molecule has 4 aliphatic rings. The highest BCUT2D eigenvalue weighted by Crippen LogP contribution is 2.37. The molecule has 10 heteroatoms. The third kappa shape index (κ3) is 4.31. The molecule has 1 atom stereocenters. The van der Waals surface area contributed by atoms with Crippen molar-refractivity contribution < 1.29 is 4.79 Å². The van der Waals surface area contributed by atoms with E-state index in [2.05, 4.69) is 37.0 Å². The second-order valence-corrected chi connectivity index (χ2v) is 10.6. The molecule has 0 saturated carbocycles. The van der Waals surface area contributed by atoms with Gasteiger partial charge in [0.05, 0.1) is 6.67 Å². The number of benzene rings is 1. The summed E-state index contributed by atoms with van der Waals surface area (Å²) in [5, 5.41) is 3.09. The first-order valence-electron chi connectivity index (χ1n) is 13.5. The lowest BCUT2D eigenvalue weighted by molar-refractivity contribution is -0.124. The summed E-state index contributed by atoms with van der Waals surface area (Å²) in [7, 11) is 0. The Kier molecular flexibility index (Phi) is 6.29. The quantitative estimate of drug-likeness (QED) is 0.661. The van der Waals surface area contributed by atoms with Crippen LogP contribution in [0.2, 0.25) is 0 Å². The molecule has 0 radical (unpaired) electrons. The van der Waals surface area contributed by atoms with Crippen LogP contribution in [0.4, 0.5) is 23.5 Å². The topological polar surface area (TPSA) is 107 Å². The number of piperidine rings is 3. The Hall–Kier alpha value is -3.14. The molecule has 3 N–H and O–H groups in total. The first kappa shape index (κ1) is 23.3. The van der Waals surface area contributed by atoms with Crippen molar-refractivity contribution in [3.05, 3.63) is 30.3 Å². The summed E-state index contributed by atoms with van der Waals surface area (Å²) in [5.41, 5.74) is 6.85. The number of amides is 1. The number of anilines is 4. The van der Waals surface area contributed by atoms with Crippen molar-refractivity contribution in [2.45, 2.75) is 56.5 Å². The normalized spacial score (nSPS) is 24.4. The summed E-state index contributed by atoms with van der Waals surface area (Å²) in [5.74, 6) is 2.36. The number of hydrogen-bond acceptors (Lipinski definition) is 9. The van der Waals surface area contributed by atoms with Gasteiger partial charge in [0.25, 0.3) is 0 Å². The molecule has 0 bridgehead atoms. The van der Waals surface area contributed by atoms with E-state index in [0.29, 0.717) is 6.67 Å². The monoisotopic (exact) mass is 491 g/mol. The minimum absolute atomic E-state index is 0.124. The summed E-state index contributed by atoms with van der Waals surface area (Å²) in [6.07, 6.45) is 7.14. The molecule has 36 heavy (non-hydrogen) atoms. The van der Waals surface area contributed by atoms with E-state index in [0.717, 1.165) is 88.5 Å². The molecule has 4 fully saturated rings. The number of para-hydroxylation sites is 1. The number of carbonyl (C=O) groups is 1. The molecule has 6 rings (SSSR count). The number of hydrogen-bond donors (Lipinski definition) is 2. The predicted molar refractivity (Wildman–Crippen MR) is 141 cm³/mol. The first-order valence-corrected chi connectivity index (χ1v) is 13.5. The van der Waals surface area contributed by atoms with Crippen molar-refractivity contribution in [1.29, 1.82) is 0 Å². The fraction of sp³-hybridized carbons (Fsp3) is 0.615. The van der Waals surface area contributed by atoms with Gasteiger partial charge in [-0.3, -0.25) is 4.79 Å². The first-order chi connectivity index (χ1) is 17.6. The van der Waals surface area contributed by atoms with Crippen molar-refractivity contribution in [2.24, 2.45) is 5.73 Å². The summed E-state index contributed by atoms with van der Waals surface area (Å²) >= 11 is 0. The van der Waals surface area contributed by atoms with Gasteiger partial charge < -0.3 is 30.7 Å². The van der Waals surface area contributed by atoms with Crippen LogP contribution in [0.1, 0.15) is 44.9 Å². The van der Waals surface area contributed by atoms with Gasteiger partial charge in [-0.1, -0.05) is 18.2 Å². The standard InChI is InChI=1S/C26H37N9O/c27-20-8-7-15-34(18-20)25-30-23(32-13-5-2-6-14-32)29-24(31-25)33-16-11-26(12-17-33)22(36)28-19-35(26)21-9-3-1-4-10-21/h1,3-4,9-10,20H,2,5-8,11-19,27H2,(H,28,36)/t20-/m1/s1. The van der Waals surface area contributed by atoms with E-state index in [-0.39, 0.29) is 11.9 Å². The van der Waals surface area contributed by atoms with Gasteiger partial charge in [0.2, 0.25) is 23.8 Å². The molecule has 192 valence electrons. The van der Waals surface area contributed by atoms with Gasteiger partial charge in [0, 0.05) is 51.0 Å². The molecule has 4 aliphatic heterocycles. The van der Waals surface area contributed by atoms with Crippen LogP contribution in [-0.2, 0) is 4.79 Å². The fourth-order valence-electron chi connectivity index (χ4n) is 6.16. The van der Waals surface area contributed by atoms with Gasteiger partial charge in [0.1, 0.15) is 5.54 Å². The second-order valence-electron chi connectivity index (χ2n) is 10.6. The van der Waals surface area contributed by atoms with Crippen LogP contribution in [-0.4, -0.2) is 78.4 Å². The molecule has 10 nitrogen and oxygen atoms in total. The van der Waals surface area contributed by atoms with Gasteiger partial charge in [-0.25, -0.2) is 0 Å². The molecule has 4 saturated heterocycles. The Morgan fingerprint density at radius 3 is 2.08 bits per heavy atom. The largest absolute Gasteiger partial charge is 0.341 e. The molecule has 2 aromatic rings. The van der Waals surface area contributed by atoms with Crippen LogP contribution in [0.15, 0.2) is 30.3 Å². The summed E-state index contributed by atoms with van der Waals surface area (Å²) < 4.78 is 0. The van der Waals surface area contributed by atoms with Crippen molar-refractivity contribution in [2.75, 3.05) is 65.5 Å². The van der Waals surface area contributed by atoms with Gasteiger partial charge in [-0.2, -0.15) is 15.0 Å². The van der Waals surface area contributed by atoms with Gasteiger partial charge in [-0.05, 0) is 57.1 Å². The van der Waals surface area contributed by atoms with E-state index in [1.807, 2.05) is 18.2 Å². The SMILES string of the molecule is N[C@@H]1CCCN(c2nc(N3CCCCC3)nc(N3CCC4(CC3)C(=O)NCN4c3ccccc3)n2)C1. The number of carbonyl (C=O) groups excluding carboxylic acids is 1. The Bertz CT molecular complexity index is 1070. The summed E-state index contributed by atoms with van der Waals surface area (Å²) in [6, 6.07) is 10.4. The van der Waals surface area contributed by atoms with Crippen LogP contribution in [0.5, 0.6) is 0 Å². The number of rotatable bonds is 4. The maximum atomic E-state index is 13.1. The zero-order chi connectivity index (χ0) is 24.5. The maximum Gasteiger partial charge on any atom is 0.247 e. The van der Waals surface area contributed by atoms with E-state index < -0.39 is 5.54 Å². The molecule has 1 spiro atoms. The third-order valence-electron chi connectivity index (χ3n) is 8.26. The zero-order valence-corrected chi connectivity index (χ0v) is 21.0. The molecule has 0 aliphatic carbocycles. The summed E-state index contributed by atoms with van der Waals surface area (Å²) in [6.45, 7) is 5.66. The molecule has 5 heterocycles. The van der Waals surface area contributed by atoms with Crippen molar-refractivity contribution in [1.82, 2.24) is 20.3 Å². The molecule has 1 aromatic carbocycles. The number of nitrogens with two attached hydrogens (primary N) is 1. The van der Waals surface area contributed by atoms with Gasteiger partial charge in [-0.15, -0.1) is 0 Å². The molecule has 0 unspecified atom stereocenters. The van der Waals surface area contributed by atoms with Gasteiger partial charge >= 0.3 is 0 Å². The predicted octanol–water partition coefficient (Wildman–Crippen LogP) is 1.72. The van der Waals surface area contributed by atoms with Crippen molar-refractivity contribution in [3.8, 4) is 0 Å². The fourth-order valence-corrected chi connectivity index (χ4v) is 6.16. The van der Waals surface area contributed by atoms with E-state index >= 15 is 0 Å². The highest BCUT2D eigenvalue weighted by atomic mass is 16.2. The number of nitrogens with zero attached hydrogens (tertiary/aromatic N) is 7. The average Bonchev–Trinajstić information content (AvgIpc) is 3.24. The average molecular weight is 492 g/mol. The highest BCUT2D eigenvalue weighted by Gasteiger charge is 2.50. The third-order valence-corrected chi connectivity index (χ3v) is 8.26. The highest BCUT2D eigenvalue weighted by molar-refractivity contribution is 5.93. The maximum absolute atomic E-state index is 13.1. The van der Waals surface area contributed by atoms with Crippen LogP contribution in [0, 0.1) is 0 Å². The summed E-state index contributed by atoms with van der Waals surface area (Å²) in [4.78, 5) is 36.9. The second kappa shape index (κ2) is 9.72. The van der Waals surface area contributed by atoms with Gasteiger partial charge in [0.15, 0.2) is 0 Å². The number of aromatic nitrogens is 3. The Balaban J connectivity index is 1.26. The number of nitrogens with one attached hydrogen (secondary N) is 1. The van der Waals surface area contributed by atoms with E-state index in [1.54, 1.807) is 0 Å². The van der Waals surface area contributed by atoms with Crippen LogP contribution >= 0.6 is 0 Å². The Morgan fingerprint density at radius 1 is 0.806 bits per heavy atom. The Labute approximate surface area is 212 Å². The Morgan fingerprint density at radius 2 is 1.42 bits per heavy atom. The van der Waals surface area contributed by atoms with E-state index in [9.17, 15) is 4.79 Å². The lowest BCUT2D eigenvalue weighted by Gasteiger charge is -2.43.